The van der Waals surface area contributed by atoms with Crippen molar-refractivity contribution in [1.29, 1.82) is 0 Å². The molecule has 2 heterocycles. The summed E-state index contributed by atoms with van der Waals surface area (Å²) in [6.45, 7) is 8.59. The lowest BCUT2D eigenvalue weighted by atomic mass is 9.90. The highest BCUT2D eigenvalue weighted by Gasteiger charge is 2.25. The Morgan fingerprint density at radius 2 is 2.06 bits per heavy atom. The third kappa shape index (κ3) is 2.59. The summed E-state index contributed by atoms with van der Waals surface area (Å²) >= 11 is 3.45. The lowest BCUT2D eigenvalue weighted by Crippen LogP contribution is -2.17. The molecular formula is C13H18N2S2. The van der Waals surface area contributed by atoms with E-state index in [0.29, 0.717) is 0 Å². The second kappa shape index (κ2) is 4.52. The molecule has 2 rings (SSSR count). The summed E-state index contributed by atoms with van der Waals surface area (Å²) in [4.78, 5) is 7.23. The normalized spacial score (nSPS) is 13.9. The zero-order valence-corrected chi connectivity index (χ0v) is 12.3. The van der Waals surface area contributed by atoms with Crippen LogP contribution in [0.5, 0.6) is 0 Å². The molecule has 1 unspecified atom stereocenters. The second-order valence-corrected chi connectivity index (χ2v) is 7.23. The second-order valence-electron chi connectivity index (χ2n) is 5.25. The lowest BCUT2D eigenvalue weighted by Gasteiger charge is -2.18. The Morgan fingerprint density at radius 1 is 1.35 bits per heavy atom. The molecule has 2 aromatic heterocycles. The molecule has 0 amide bonds. The predicted molar refractivity (Wildman–Crippen MR) is 76.7 cm³/mol. The molecule has 0 saturated heterocycles. The predicted octanol–water partition coefficient (Wildman–Crippen LogP) is 4.19. The summed E-state index contributed by atoms with van der Waals surface area (Å²) in [5.41, 5.74) is 7.24. The van der Waals surface area contributed by atoms with Crippen molar-refractivity contribution >= 4 is 22.7 Å². The maximum Gasteiger partial charge on any atom is 0.133 e. The SMILES string of the molecule is CC(N)c1sc(-c2cccs2)nc1C(C)(C)C. The van der Waals surface area contributed by atoms with E-state index in [1.807, 2.05) is 6.92 Å². The van der Waals surface area contributed by atoms with Gasteiger partial charge in [-0.2, -0.15) is 0 Å². The first-order chi connectivity index (χ1) is 7.89. The van der Waals surface area contributed by atoms with Gasteiger partial charge in [0.15, 0.2) is 0 Å². The number of nitrogens with zero attached hydrogens (tertiary/aromatic N) is 1. The van der Waals surface area contributed by atoms with Gasteiger partial charge in [-0.05, 0) is 18.4 Å². The van der Waals surface area contributed by atoms with Crippen LogP contribution in [-0.4, -0.2) is 4.98 Å². The molecule has 2 aromatic rings. The Balaban J connectivity index is 2.53. The first-order valence-corrected chi connectivity index (χ1v) is 7.40. The molecule has 0 bridgehead atoms. The number of thiophene rings is 1. The number of hydrogen-bond acceptors (Lipinski definition) is 4. The fourth-order valence-electron chi connectivity index (χ4n) is 1.68. The van der Waals surface area contributed by atoms with Crippen molar-refractivity contribution in [2.45, 2.75) is 39.2 Å². The van der Waals surface area contributed by atoms with Crippen LogP contribution < -0.4 is 5.73 Å². The van der Waals surface area contributed by atoms with Gasteiger partial charge in [0.2, 0.25) is 0 Å². The zero-order valence-electron chi connectivity index (χ0n) is 10.7. The van der Waals surface area contributed by atoms with E-state index in [4.69, 9.17) is 10.7 Å². The van der Waals surface area contributed by atoms with Crippen LogP contribution in [0.4, 0.5) is 0 Å². The molecule has 0 aliphatic carbocycles. The van der Waals surface area contributed by atoms with Gasteiger partial charge in [0, 0.05) is 16.3 Å². The van der Waals surface area contributed by atoms with Gasteiger partial charge in [0.05, 0.1) is 10.6 Å². The number of aromatic nitrogens is 1. The minimum absolute atomic E-state index is 0.0506. The maximum atomic E-state index is 6.05. The summed E-state index contributed by atoms with van der Waals surface area (Å²) in [5, 5.41) is 3.18. The summed E-state index contributed by atoms with van der Waals surface area (Å²) in [5.74, 6) is 0. The molecular weight excluding hydrogens is 248 g/mol. The van der Waals surface area contributed by atoms with E-state index in [0.717, 1.165) is 10.7 Å². The van der Waals surface area contributed by atoms with Gasteiger partial charge in [-0.3, -0.25) is 0 Å². The quantitative estimate of drug-likeness (QED) is 0.885. The average Bonchev–Trinajstić information content (AvgIpc) is 2.85. The fourth-order valence-corrected chi connectivity index (χ4v) is 3.71. The van der Waals surface area contributed by atoms with E-state index in [9.17, 15) is 0 Å². The number of thiazole rings is 1. The van der Waals surface area contributed by atoms with Crippen LogP contribution in [-0.2, 0) is 5.41 Å². The Morgan fingerprint density at radius 3 is 2.47 bits per heavy atom. The summed E-state index contributed by atoms with van der Waals surface area (Å²) in [6.07, 6.45) is 0. The van der Waals surface area contributed by atoms with Crippen molar-refractivity contribution in [3.63, 3.8) is 0 Å². The standard InChI is InChI=1S/C13H18N2S2/c1-8(14)10-11(13(2,3)4)15-12(17-10)9-6-5-7-16-9/h5-8H,14H2,1-4H3. The van der Waals surface area contributed by atoms with E-state index in [2.05, 4.69) is 38.3 Å². The number of hydrogen-bond donors (Lipinski definition) is 1. The lowest BCUT2D eigenvalue weighted by molar-refractivity contribution is 0.561. The Bertz CT molecular complexity index is 490. The molecule has 0 saturated carbocycles. The van der Waals surface area contributed by atoms with E-state index >= 15 is 0 Å². The first kappa shape index (κ1) is 12.7. The Kier molecular flexibility index (Phi) is 3.39. The minimum Gasteiger partial charge on any atom is -0.323 e. The third-order valence-electron chi connectivity index (χ3n) is 2.51. The molecule has 0 spiro atoms. The van der Waals surface area contributed by atoms with Crippen molar-refractivity contribution in [3.8, 4) is 9.88 Å². The first-order valence-electron chi connectivity index (χ1n) is 5.70. The molecule has 17 heavy (non-hydrogen) atoms. The topological polar surface area (TPSA) is 38.9 Å². The zero-order chi connectivity index (χ0) is 12.6. The van der Waals surface area contributed by atoms with Gasteiger partial charge in [-0.25, -0.2) is 4.98 Å². The minimum atomic E-state index is 0.0506. The molecule has 2 N–H and O–H groups in total. The van der Waals surface area contributed by atoms with Gasteiger partial charge in [-0.1, -0.05) is 26.8 Å². The van der Waals surface area contributed by atoms with Crippen LogP contribution in [0.15, 0.2) is 17.5 Å². The van der Waals surface area contributed by atoms with E-state index in [1.165, 1.54) is 9.75 Å². The fraction of sp³-hybridized carbons (Fsp3) is 0.462. The van der Waals surface area contributed by atoms with Crippen LogP contribution >= 0.6 is 22.7 Å². The molecule has 0 radical (unpaired) electrons. The molecule has 0 aliphatic heterocycles. The van der Waals surface area contributed by atoms with Crippen molar-refractivity contribution in [3.05, 3.63) is 28.1 Å². The van der Waals surface area contributed by atoms with Gasteiger partial charge >= 0.3 is 0 Å². The van der Waals surface area contributed by atoms with Crippen molar-refractivity contribution < 1.29 is 0 Å². The molecule has 2 nitrogen and oxygen atoms in total. The monoisotopic (exact) mass is 266 g/mol. The van der Waals surface area contributed by atoms with E-state index in [-0.39, 0.29) is 11.5 Å². The van der Waals surface area contributed by atoms with Crippen LogP contribution in [0.25, 0.3) is 9.88 Å². The van der Waals surface area contributed by atoms with E-state index in [1.54, 1.807) is 22.7 Å². The highest BCUT2D eigenvalue weighted by Crippen LogP contribution is 2.38. The molecule has 0 fully saturated rings. The maximum absolute atomic E-state index is 6.05. The highest BCUT2D eigenvalue weighted by atomic mass is 32.1. The van der Waals surface area contributed by atoms with Gasteiger partial charge in [0.25, 0.3) is 0 Å². The summed E-state index contributed by atoms with van der Waals surface area (Å²) in [6, 6.07) is 4.22. The van der Waals surface area contributed by atoms with Gasteiger partial charge in [0.1, 0.15) is 5.01 Å². The highest BCUT2D eigenvalue weighted by molar-refractivity contribution is 7.21. The van der Waals surface area contributed by atoms with Crippen molar-refractivity contribution in [1.82, 2.24) is 4.98 Å². The molecule has 1 atom stereocenters. The Hall–Kier alpha value is -0.710. The molecule has 4 heteroatoms. The molecule has 0 aliphatic rings. The number of nitrogens with two attached hydrogens (primary N) is 1. The smallest absolute Gasteiger partial charge is 0.133 e. The van der Waals surface area contributed by atoms with E-state index < -0.39 is 0 Å². The van der Waals surface area contributed by atoms with Crippen molar-refractivity contribution in [2.75, 3.05) is 0 Å². The van der Waals surface area contributed by atoms with Crippen molar-refractivity contribution in [2.24, 2.45) is 5.73 Å². The third-order valence-corrected chi connectivity index (χ3v) is 4.80. The molecule has 0 aromatic carbocycles. The number of rotatable bonds is 2. The van der Waals surface area contributed by atoms with Crippen LogP contribution in [0, 0.1) is 0 Å². The van der Waals surface area contributed by atoms with Crippen LogP contribution in [0.1, 0.15) is 44.3 Å². The largest absolute Gasteiger partial charge is 0.323 e. The van der Waals surface area contributed by atoms with Gasteiger partial charge < -0.3 is 5.73 Å². The molecule has 92 valence electrons. The Labute approximate surface area is 111 Å². The summed E-state index contributed by atoms with van der Waals surface area (Å²) < 4.78 is 0. The van der Waals surface area contributed by atoms with Gasteiger partial charge in [-0.15, -0.1) is 22.7 Å². The van der Waals surface area contributed by atoms with Crippen LogP contribution in [0.3, 0.4) is 0 Å². The summed E-state index contributed by atoms with van der Waals surface area (Å²) in [7, 11) is 0. The van der Waals surface area contributed by atoms with Crippen LogP contribution in [0.2, 0.25) is 0 Å². The average molecular weight is 266 g/mol.